The molecule has 0 aliphatic carbocycles. The van der Waals surface area contributed by atoms with Crippen LogP contribution < -0.4 is 10.1 Å². The predicted molar refractivity (Wildman–Crippen MR) is 132 cm³/mol. The van der Waals surface area contributed by atoms with E-state index >= 15 is 0 Å². The van der Waals surface area contributed by atoms with Crippen molar-refractivity contribution in [3.63, 3.8) is 0 Å². The SMILES string of the molecule is O=C(Nc1nc2ccc3scnc3c2o1)c1cc2ccccc2cc1OCCN1CCOCC1. The van der Waals surface area contributed by atoms with Gasteiger partial charge in [0.2, 0.25) is 0 Å². The van der Waals surface area contributed by atoms with E-state index in [4.69, 9.17) is 13.9 Å². The molecular formula is C25H22N4O4S. The highest BCUT2D eigenvalue weighted by Crippen LogP contribution is 2.30. The van der Waals surface area contributed by atoms with Gasteiger partial charge in [0.25, 0.3) is 5.91 Å². The Bertz CT molecular complexity index is 1490. The van der Waals surface area contributed by atoms with E-state index in [1.807, 2.05) is 48.5 Å². The summed E-state index contributed by atoms with van der Waals surface area (Å²) in [5, 5.41) is 4.76. The number of amides is 1. The van der Waals surface area contributed by atoms with Crippen molar-refractivity contribution in [2.24, 2.45) is 0 Å². The molecule has 0 unspecified atom stereocenters. The van der Waals surface area contributed by atoms with Gasteiger partial charge in [0.1, 0.15) is 23.4 Å². The van der Waals surface area contributed by atoms with Crippen LogP contribution in [-0.4, -0.2) is 60.2 Å². The average molecular weight is 475 g/mol. The number of morpholine rings is 1. The summed E-state index contributed by atoms with van der Waals surface area (Å²) in [6, 6.07) is 15.6. The van der Waals surface area contributed by atoms with Gasteiger partial charge in [0.15, 0.2) is 5.58 Å². The molecule has 3 heterocycles. The van der Waals surface area contributed by atoms with Crippen LogP contribution in [-0.2, 0) is 4.74 Å². The van der Waals surface area contributed by atoms with Crippen molar-refractivity contribution in [1.82, 2.24) is 14.9 Å². The van der Waals surface area contributed by atoms with E-state index in [2.05, 4.69) is 20.2 Å². The van der Waals surface area contributed by atoms with E-state index < -0.39 is 0 Å². The number of ether oxygens (including phenoxy) is 2. The number of aromatic nitrogens is 2. The lowest BCUT2D eigenvalue weighted by Crippen LogP contribution is -2.38. The monoisotopic (exact) mass is 474 g/mol. The molecule has 1 saturated heterocycles. The Morgan fingerprint density at radius 2 is 1.94 bits per heavy atom. The van der Waals surface area contributed by atoms with E-state index in [1.54, 1.807) is 5.51 Å². The van der Waals surface area contributed by atoms with Gasteiger partial charge in [-0.3, -0.25) is 15.0 Å². The van der Waals surface area contributed by atoms with Gasteiger partial charge in [-0.1, -0.05) is 24.3 Å². The molecule has 0 radical (unpaired) electrons. The average Bonchev–Trinajstić information content (AvgIpc) is 3.50. The first-order valence-corrected chi connectivity index (χ1v) is 12.0. The zero-order valence-electron chi connectivity index (χ0n) is 18.3. The van der Waals surface area contributed by atoms with Crippen molar-refractivity contribution in [3.05, 3.63) is 59.6 Å². The van der Waals surface area contributed by atoms with Crippen molar-refractivity contribution in [2.45, 2.75) is 0 Å². The highest BCUT2D eigenvalue weighted by atomic mass is 32.1. The molecular weight excluding hydrogens is 452 g/mol. The Balaban J connectivity index is 1.27. The number of oxazole rings is 1. The highest BCUT2D eigenvalue weighted by molar-refractivity contribution is 7.16. The van der Waals surface area contributed by atoms with Crippen LogP contribution in [0.25, 0.3) is 32.1 Å². The van der Waals surface area contributed by atoms with Crippen LogP contribution in [0.3, 0.4) is 0 Å². The van der Waals surface area contributed by atoms with Crippen molar-refractivity contribution >= 4 is 55.3 Å². The van der Waals surface area contributed by atoms with Crippen LogP contribution >= 0.6 is 11.3 Å². The van der Waals surface area contributed by atoms with Crippen molar-refractivity contribution < 1.29 is 18.7 Å². The molecule has 172 valence electrons. The fourth-order valence-corrected chi connectivity index (χ4v) is 4.83. The number of hydrogen-bond donors (Lipinski definition) is 1. The molecule has 9 heteroatoms. The second kappa shape index (κ2) is 9.02. The number of carbonyl (C=O) groups excluding carboxylic acids is 1. The zero-order valence-corrected chi connectivity index (χ0v) is 19.1. The number of carbonyl (C=O) groups is 1. The lowest BCUT2D eigenvalue weighted by atomic mass is 10.1. The number of nitrogens with zero attached hydrogens (tertiary/aromatic N) is 3. The third-order valence-electron chi connectivity index (χ3n) is 5.94. The van der Waals surface area contributed by atoms with Crippen molar-refractivity contribution in [1.29, 1.82) is 0 Å². The highest BCUT2D eigenvalue weighted by Gasteiger charge is 2.19. The van der Waals surface area contributed by atoms with Gasteiger partial charge in [-0.25, -0.2) is 4.98 Å². The molecule has 1 aliphatic heterocycles. The maximum absolute atomic E-state index is 13.3. The van der Waals surface area contributed by atoms with Crippen LogP contribution in [0.1, 0.15) is 10.4 Å². The molecule has 1 fully saturated rings. The topological polar surface area (TPSA) is 89.7 Å². The van der Waals surface area contributed by atoms with Crippen molar-refractivity contribution in [3.8, 4) is 5.75 Å². The maximum Gasteiger partial charge on any atom is 0.302 e. The fourth-order valence-electron chi connectivity index (χ4n) is 4.16. The predicted octanol–water partition coefficient (Wildman–Crippen LogP) is 4.55. The summed E-state index contributed by atoms with van der Waals surface area (Å²) >= 11 is 1.53. The maximum atomic E-state index is 13.3. The third-order valence-corrected chi connectivity index (χ3v) is 6.73. The lowest BCUT2D eigenvalue weighted by Gasteiger charge is -2.26. The molecule has 6 rings (SSSR count). The minimum Gasteiger partial charge on any atom is -0.491 e. The first kappa shape index (κ1) is 21.0. The molecule has 3 aromatic carbocycles. The van der Waals surface area contributed by atoms with Gasteiger partial charge >= 0.3 is 6.01 Å². The Labute approximate surface area is 199 Å². The quantitative estimate of drug-likeness (QED) is 0.386. The second-order valence-electron chi connectivity index (χ2n) is 8.08. The Hall–Kier alpha value is -3.53. The standard InChI is InChI=1S/C25H22N4O4S/c30-24(28-25-27-19-5-6-21-22(23(19)33-25)26-15-34-21)18-13-16-3-1-2-4-17(16)14-20(18)32-12-9-29-7-10-31-11-8-29/h1-6,13-15H,7-12H2,(H,27,28,30). The minimum absolute atomic E-state index is 0.132. The molecule has 1 amide bonds. The largest absolute Gasteiger partial charge is 0.491 e. The summed E-state index contributed by atoms with van der Waals surface area (Å²) < 4.78 is 18.4. The number of hydrogen-bond acceptors (Lipinski definition) is 8. The molecule has 1 N–H and O–H groups in total. The summed E-state index contributed by atoms with van der Waals surface area (Å²) in [4.78, 5) is 24.4. The Morgan fingerprint density at radius 1 is 1.12 bits per heavy atom. The fraction of sp³-hybridized carbons (Fsp3) is 0.240. The van der Waals surface area contributed by atoms with E-state index in [-0.39, 0.29) is 11.9 Å². The van der Waals surface area contributed by atoms with Crippen LogP contribution in [0, 0.1) is 0 Å². The minimum atomic E-state index is -0.340. The summed E-state index contributed by atoms with van der Waals surface area (Å²) in [5.74, 6) is 0.190. The summed E-state index contributed by atoms with van der Waals surface area (Å²) in [6.45, 7) is 4.49. The first-order chi connectivity index (χ1) is 16.7. The van der Waals surface area contributed by atoms with Gasteiger partial charge in [-0.2, -0.15) is 4.98 Å². The molecule has 0 atom stereocenters. The summed E-state index contributed by atoms with van der Waals surface area (Å²) in [6.07, 6.45) is 0. The van der Waals surface area contributed by atoms with Gasteiger partial charge in [0.05, 0.1) is 29.0 Å². The number of nitrogens with one attached hydrogen (secondary N) is 1. The van der Waals surface area contributed by atoms with Crippen LogP contribution in [0.15, 0.2) is 58.5 Å². The number of anilines is 1. The lowest BCUT2D eigenvalue weighted by molar-refractivity contribution is 0.0322. The molecule has 2 aromatic heterocycles. The van der Waals surface area contributed by atoms with Gasteiger partial charge in [-0.15, -0.1) is 11.3 Å². The van der Waals surface area contributed by atoms with E-state index in [9.17, 15) is 4.79 Å². The Kier molecular flexibility index (Phi) is 5.58. The van der Waals surface area contributed by atoms with Gasteiger partial charge in [-0.05, 0) is 35.0 Å². The van der Waals surface area contributed by atoms with E-state index in [1.165, 1.54) is 11.3 Å². The molecule has 0 bridgehead atoms. The normalized spacial score (nSPS) is 14.7. The number of fused-ring (bicyclic) bond motifs is 4. The number of benzene rings is 3. The number of thiazole rings is 1. The molecule has 0 spiro atoms. The summed E-state index contributed by atoms with van der Waals surface area (Å²) in [7, 11) is 0. The van der Waals surface area contributed by atoms with E-state index in [0.29, 0.717) is 29.0 Å². The molecule has 5 aromatic rings. The molecule has 34 heavy (non-hydrogen) atoms. The smallest absolute Gasteiger partial charge is 0.302 e. The van der Waals surface area contributed by atoms with E-state index in [0.717, 1.165) is 53.8 Å². The van der Waals surface area contributed by atoms with Gasteiger partial charge < -0.3 is 13.9 Å². The molecule has 1 aliphatic rings. The Morgan fingerprint density at radius 3 is 2.79 bits per heavy atom. The van der Waals surface area contributed by atoms with Crippen LogP contribution in [0.2, 0.25) is 0 Å². The first-order valence-electron chi connectivity index (χ1n) is 11.1. The van der Waals surface area contributed by atoms with Crippen LogP contribution in [0.5, 0.6) is 5.75 Å². The van der Waals surface area contributed by atoms with Gasteiger partial charge in [0, 0.05) is 19.6 Å². The summed E-state index contributed by atoms with van der Waals surface area (Å²) in [5.41, 5.74) is 4.15. The number of rotatable bonds is 6. The van der Waals surface area contributed by atoms with Crippen molar-refractivity contribution in [2.75, 3.05) is 44.8 Å². The van der Waals surface area contributed by atoms with Crippen LogP contribution in [0.4, 0.5) is 6.01 Å². The third kappa shape index (κ3) is 4.09. The molecule has 0 saturated carbocycles. The second-order valence-corrected chi connectivity index (χ2v) is 8.97. The zero-order chi connectivity index (χ0) is 22.9. The molecule has 8 nitrogen and oxygen atoms in total.